The maximum Gasteiger partial charge on any atom is 0.0970 e. The minimum Gasteiger partial charge on any atom is -0.254 e. The quantitative estimate of drug-likeness (QED) is 0.171. The summed E-state index contributed by atoms with van der Waals surface area (Å²) >= 11 is 0. The average Bonchev–Trinajstić information content (AvgIpc) is 3.27. The van der Waals surface area contributed by atoms with Crippen molar-refractivity contribution in [1.29, 1.82) is 0 Å². The maximum atomic E-state index is 4.78. The molecule has 0 aliphatic rings. The highest BCUT2D eigenvalue weighted by Crippen LogP contribution is 2.43. The van der Waals surface area contributed by atoms with Crippen LogP contribution in [0.25, 0.3) is 120 Å². The fourth-order valence-electron chi connectivity index (χ4n) is 9.37. The fraction of sp³-hybridized carbons (Fsp3) is 0. The Morgan fingerprint density at radius 2 is 0.768 bits per heavy atom. The zero-order chi connectivity index (χ0) is 36.7. The van der Waals surface area contributed by atoms with Crippen LogP contribution in [-0.2, 0) is 0 Å². The van der Waals surface area contributed by atoms with Crippen molar-refractivity contribution in [3.63, 3.8) is 0 Å². The Balaban J connectivity index is 1.02. The van der Waals surface area contributed by atoms with Crippen LogP contribution < -0.4 is 0 Å². The van der Waals surface area contributed by atoms with Crippen molar-refractivity contribution in [2.45, 2.75) is 0 Å². The smallest absolute Gasteiger partial charge is 0.0970 e. The molecule has 0 radical (unpaired) electrons. The van der Waals surface area contributed by atoms with E-state index >= 15 is 0 Å². The molecular formula is C54H32N2. The van der Waals surface area contributed by atoms with Gasteiger partial charge < -0.3 is 0 Å². The SMILES string of the molecule is c1cnc2c(c1)cc(-c1ccc(-c3ccc(-c4ccc5c(c4)c4ccccc4c4cccc6ccc7cccc5c7c64)cc3)c3ccccc13)c1cccnc12. The molecule has 56 heavy (non-hydrogen) atoms. The van der Waals surface area contributed by atoms with E-state index in [9.17, 15) is 0 Å². The highest BCUT2D eigenvalue weighted by atomic mass is 14.7. The van der Waals surface area contributed by atoms with Gasteiger partial charge in [-0.15, -0.1) is 0 Å². The van der Waals surface area contributed by atoms with Gasteiger partial charge in [-0.05, 0) is 122 Å². The second-order valence-electron chi connectivity index (χ2n) is 14.9. The van der Waals surface area contributed by atoms with E-state index in [0.717, 1.165) is 21.8 Å². The van der Waals surface area contributed by atoms with Crippen molar-refractivity contribution in [1.82, 2.24) is 9.97 Å². The van der Waals surface area contributed by atoms with Crippen molar-refractivity contribution >= 4 is 86.4 Å². The van der Waals surface area contributed by atoms with Gasteiger partial charge in [0.2, 0.25) is 0 Å². The highest BCUT2D eigenvalue weighted by Gasteiger charge is 2.16. The molecule has 0 unspecified atom stereocenters. The predicted octanol–water partition coefficient (Wildman–Crippen LogP) is 14.7. The van der Waals surface area contributed by atoms with Crippen molar-refractivity contribution in [3.8, 4) is 33.4 Å². The van der Waals surface area contributed by atoms with E-state index < -0.39 is 0 Å². The van der Waals surface area contributed by atoms with E-state index in [1.807, 2.05) is 24.5 Å². The third kappa shape index (κ3) is 4.57. The van der Waals surface area contributed by atoms with Crippen LogP contribution in [0.2, 0.25) is 0 Å². The third-order valence-corrected chi connectivity index (χ3v) is 11.9. The molecule has 0 spiro atoms. The van der Waals surface area contributed by atoms with E-state index in [1.54, 1.807) is 0 Å². The molecule has 10 aromatic carbocycles. The lowest BCUT2D eigenvalue weighted by atomic mass is 9.88. The number of hydrogen-bond donors (Lipinski definition) is 0. The van der Waals surface area contributed by atoms with Crippen LogP contribution in [0, 0.1) is 0 Å². The zero-order valence-corrected chi connectivity index (χ0v) is 30.4. The molecule has 12 aromatic rings. The second kappa shape index (κ2) is 12.0. The minimum atomic E-state index is 0.931. The van der Waals surface area contributed by atoms with E-state index in [0.29, 0.717) is 0 Å². The van der Waals surface area contributed by atoms with Gasteiger partial charge in [0.15, 0.2) is 0 Å². The molecule has 2 heteroatoms. The summed E-state index contributed by atoms with van der Waals surface area (Å²) in [6.07, 6.45) is 3.70. The summed E-state index contributed by atoms with van der Waals surface area (Å²) in [6.45, 7) is 0. The first-order valence-electron chi connectivity index (χ1n) is 19.2. The predicted molar refractivity (Wildman–Crippen MR) is 238 cm³/mol. The van der Waals surface area contributed by atoms with Crippen molar-refractivity contribution in [3.05, 3.63) is 194 Å². The van der Waals surface area contributed by atoms with Gasteiger partial charge in [-0.3, -0.25) is 9.97 Å². The molecule has 0 fully saturated rings. The van der Waals surface area contributed by atoms with Crippen LogP contribution in [0.1, 0.15) is 0 Å². The summed E-state index contributed by atoms with van der Waals surface area (Å²) in [4.78, 5) is 9.47. The van der Waals surface area contributed by atoms with Crippen LogP contribution in [0.5, 0.6) is 0 Å². The first-order valence-corrected chi connectivity index (χ1v) is 19.2. The van der Waals surface area contributed by atoms with Crippen LogP contribution in [-0.4, -0.2) is 9.97 Å². The standard InChI is InChI=1S/C54H32N2/c1-2-13-41-40(12-1)39(27-28-44(41)50-32-38-11-7-29-55-53(38)54-48(50)18-8-30-56-54)34-21-19-33(20-22-34)37-25-26-45-47-17-6-10-36-24-23-35-9-5-16-46(51(35)52(36)47)42-14-3-4-15-43(42)49(45)31-37/h1-32H. The number of nitrogens with zero attached hydrogens (tertiary/aromatic N) is 2. The Kier molecular flexibility index (Phi) is 6.66. The molecule has 2 aromatic heterocycles. The number of hydrogen-bond acceptors (Lipinski definition) is 2. The first-order chi connectivity index (χ1) is 27.8. The maximum absolute atomic E-state index is 4.78. The molecule has 0 amide bonds. The summed E-state index contributed by atoms with van der Waals surface area (Å²) < 4.78 is 0. The van der Waals surface area contributed by atoms with Gasteiger partial charge in [0.1, 0.15) is 0 Å². The van der Waals surface area contributed by atoms with E-state index in [4.69, 9.17) is 4.98 Å². The summed E-state index contributed by atoms with van der Waals surface area (Å²) in [5.74, 6) is 0. The van der Waals surface area contributed by atoms with Gasteiger partial charge in [-0.2, -0.15) is 0 Å². The fourth-order valence-corrected chi connectivity index (χ4v) is 9.37. The summed E-state index contributed by atoms with van der Waals surface area (Å²) in [6, 6.07) is 67.0. The number of rotatable bonds is 3. The first kappa shape index (κ1) is 31.0. The highest BCUT2D eigenvalue weighted by molar-refractivity contribution is 6.33. The lowest BCUT2D eigenvalue weighted by Crippen LogP contribution is -1.91. The molecule has 0 saturated heterocycles. The summed E-state index contributed by atoms with van der Waals surface area (Å²) in [5, 5.41) is 17.5. The third-order valence-electron chi connectivity index (χ3n) is 11.9. The normalized spacial score (nSPS) is 11.9. The van der Waals surface area contributed by atoms with E-state index in [-0.39, 0.29) is 0 Å². The van der Waals surface area contributed by atoms with Crippen LogP contribution in [0.4, 0.5) is 0 Å². The molecule has 0 aliphatic heterocycles. The van der Waals surface area contributed by atoms with Gasteiger partial charge in [-0.25, -0.2) is 0 Å². The van der Waals surface area contributed by atoms with Gasteiger partial charge >= 0.3 is 0 Å². The van der Waals surface area contributed by atoms with Crippen LogP contribution in [0.3, 0.4) is 0 Å². The summed E-state index contributed by atoms with van der Waals surface area (Å²) in [5.41, 5.74) is 9.04. The molecular weight excluding hydrogens is 677 g/mol. The molecule has 12 rings (SSSR count). The lowest BCUT2D eigenvalue weighted by Gasteiger charge is -2.15. The van der Waals surface area contributed by atoms with Gasteiger partial charge in [0, 0.05) is 23.2 Å². The largest absolute Gasteiger partial charge is 0.254 e. The van der Waals surface area contributed by atoms with Crippen molar-refractivity contribution in [2.24, 2.45) is 0 Å². The molecule has 2 nitrogen and oxygen atoms in total. The Hall–Kier alpha value is -7.42. The number of benzene rings is 9. The molecule has 0 N–H and O–H groups in total. The van der Waals surface area contributed by atoms with Gasteiger partial charge in [0.05, 0.1) is 11.0 Å². The lowest BCUT2D eigenvalue weighted by molar-refractivity contribution is 1.37. The molecule has 258 valence electrons. The monoisotopic (exact) mass is 708 g/mol. The molecule has 0 aliphatic carbocycles. The summed E-state index contributed by atoms with van der Waals surface area (Å²) in [7, 11) is 0. The number of aromatic nitrogens is 2. The van der Waals surface area contributed by atoms with Gasteiger partial charge in [-0.1, -0.05) is 158 Å². The van der Waals surface area contributed by atoms with Crippen LogP contribution in [0.15, 0.2) is 194 Å². The Bertz CT molecular complexity index is 3580. The zero-order valence-electron chi connectivity index (χ0n) is 30.4. The van der Waals surface area contributed by atoms with E-state index in [1.165, 1.54) is 98.0 Å². The Labute approximate surface area is 322 Å². The topological polar surface area (TPSA) is 25.8 Å². The molecule has 0 bridgehead atoms. The molecule has 0 saturated carbocycles. The number of pyridine rings is 2. The van der Waals surface area contributed by atoms with Crippen LogP contribution >= 0.6 is 0 Å². The van der Waals surface area contributed by atoms with Crippen molar-refractivity contribution < 1.29 is 0 Å². The van der Waals surface area contributed by atoms with Gasteiger partial charge in [0.25, 0.3) is 0 Å². The second-order valence-corrected chi connectivity index (χ2v) is 14.9. The Morgan fingerprint density at radius 1 is 0.250 bits per heavy atom. The van der Waals surface area contributed by atoms with Crippen molar-refractivity contribution in [2.75, 3.05) is 0 Å². The molecule has 2 heterocycles. The molecule has 0 atom stereocenters. The average molecular weight is 709 g/mol. The number of fused-ring (bicyclic) bond motifs is 9. The minimum absolute atomic E-state index is 0.931. The Morgan fingerprint density at radius 3 is 1.50 bits per heavy atom. The van der Waals surface area contributed by atoms with E-state index in [2.05, 4.69) is 175 Å².